The van der Waals surface area contributed by atoms with Gasteiger partial charge >= 0.3 is 6.18 Å². The fourth-order valence-corrected chi connectivity index (χ4v) is 3.94. The lowest BCUT2D eigenvalue weighted by molar-refractivity contribution is -0.137. The number of piperidine rings is 1. The summed E-state index contributed by atoms with van der Waals surface area (Å²) in [6.07, 6.45) is -3.39. The van der Waals surface area contributed by atoms with Crippen molar-refractivity contribution in [2.24, 2.45) is 0 Å². The number of ether oxygens (including phenoxy) is 1. The fourth-order valence-electron chi connectivity index (χ4n) is 3.94. The maximum absolute atomic E-state index is 13.3. The molecule has 7 nitrogen and oxygen atoms in total. The molecule has 4 rings (SSSR count). The van der Waals surface area contributed by atoms with E-state index in [9.17, 15) is 22.8 Å². The van der Waals surface area contributed by atoms with Gasteiger partial charge in [-0.2, -0.15) is 13.2 Å². The summed E-state index contributed by atoms with van der Waals surface area (Å²) in [5.74, 6) is -0.212. The van der Waals surface area contributed by atoms with Crippen molar-refractivity contribution < 1.29 is 27.5 Å². The Bertz CT molecular complexity index is 1190. The molecule has 2 aromatic carbocycles. The van der Waals surface area contributed by atoms with E-state index in [-0.39, 0.29) is 17.5 Å². The highest BCUT2D eigenvalue weighted by Gasteiger charge is 2.31. The van der Waals surface area contributed by atoms with E-state index in [0.717, 1.165) is 24.3 Å². The number of likely N-dealkylation sites (tertiary alicyclic amines) is 1. The second-order valence-electron chi connectivity index (χ2n) is 8.12. The van der Waals surface area contributed by atoms with Crippen molar-refractivity contribution in [3.63, 3.8) is 0 Å². The van der Waals surface area contributed by atoms with Crippen LogP contribution in [0.1, 0.15) is 39.1 Å². The molecule has 1 fully saturated rings. The van der Waals surface area contributed by atoms with Crippen LogP contribution in [0.3, 0.4) is 0 Å². The van der Waals surface area contributed by atoms with Gasteiger partial charge in [0.2, 0.25) is 5.88 Å². The molecule has 0 unspecified atom stereocenters. The van der Waals surface area contributed by atoms with Gasteiger partial charge in [-0.1, -0.05) is 18.2 Å². The van der Waals surface area contributed by atoms with Crippen LogP contribution in [-0.4, -0.2) is 53.2 Å². The molecule has 10 heteroatoms. The summed E-state index contributed by atoms with van der Waals surface area (Å²) in [6.45, 7) is 0.860. The second kappa shape index (κ2) is 10.1. The van der Waals surface area contributed by atoms with Gasteiger partial charge in [-0.25, -0.2) is 0 Å². The number of hydrogen-bond acceptors (Lipinski definition) is 5. The van der Waals surface area contributed by atoms with Crippen LogP contribution in [0.15, 0.2) is 60.7 Å². The van der Waals surface area contributed by atoms with Crippen molar-refractivity contribution in [3.05, 3.63) is 77.4 Å². The minimum Gasteiger partial charge on any atom is -0.480 e. The molecule has 0 atom stereocenters. The number of nitrogens with zero attached hydrogens (tertiary/aromatic N) is 3. The average Bonchev–Trinajstić information content (AvgIpc) is 2.88. The molecule has 1 saturated heterocycles. The standard InChI is InChI=1S/C25H23F3N4O3/c1-35-22-11-10-21(30-31-22)19-4-2-3-5-20(19)24(34)32-14-12-18(13-15-32)29-23(33)16-6-8-17(9-7-16)25(26,27)28/h2-11,18H,12-15H2,1H3,(H,29,33). The Morgan fingerprint density at radius 2 is 1.66 bits per heavy atom. The Labute approximate surface area is 199 Å². The highest BCUT2D eigenvalue weighted by Crippen LogP contribution is 2.29. The van der Waals surface area contributed by atoms with Crippen LogP contribution < -0.4 is 10.1 Å². The predicted octanol–water partition coefficient (Wildman–Crippen LogP) is 4.21. The third-order valence-corrected chi connectivity index (χ3v) is 5.87. The smallest absolute Gasteiger partial charge is 0.416 e. The summed E-state index contributed by atoms with van der Waals surface area (Å²) in [5.41, 5.74) is 1.06. The summed E-state index contributed by atoms with van der Waals surface area (Å²) < 4.78 is 43.2. The maximum Gasteiger partial charge on any atom is 0.416 e. The molecule has 35 heavy (non-hydrogen) atoms. The van der Waals surface area contributed by atoms with Crippen LogP contribution in [-0.2, 0) is 6.18 Å². The van der Waals surface area contributed by atoms with Gasteiger partial charge in [-0.15, -0.1) is 10.2 Å². The van der Waals surface area contributed by atoms with Crippen molar-refractivity contribution in [2.45, 2.75) is 25.1 Å². The van der Waals surface area contributed by atoms with E-state index in [1.807, 2.05) is 6.07 Å². The van der Waals surface area contributed by atoms with Crippen molar-refractivity contribution in [1.82, 2.24) is 20.4 Å². The number of amides is 2. The number of methoxy groups -OCH3 is 1. The Kier molecular flexibility index (Phi) is 6.99. The summed E-state index contributed by atoms with van der Waals surface area (Å²) in [4.78, 5) is 27.4. The molecule has 1 aliphatic rings. The largest absolute Gasteiger partial charge is 0.480 e. The molecule has 1 N–H and O–H groups in total. The first-order valence-electron chi connectivity index (χ1n) is 11.0. The van der Waals surface area contributed by atoms with E-state index in [0.29, 0.717) is 48.6 Å². The fraction of sp³-hybridized carbons (Fsp3) is 0.280. The number of alkyl halides is 3. The zero-order valence-corrected chi connectivity index (χ0v) is 18.9. The van der Waals surface area contributed by atoms with E-state index >= 15 is 0 Å². The minimum atomic E-state index is -4.45. The van der Waals surface area contributed by atoms with E-state index in [1.54, 1.807) is 35.2 Å². The van der Waals surface area contributed by atoms with Crippen LogP contribution in [0.25, 0.3) is 11.3 Å². The number of halogens is 3. The third kappa shape index (κ3) is 5.59. The Morgan fingerprint density at radius 3 is 2.26 bits per heavy atom. The first-order valence-corrected chi connectivity index (χ1v) is 11.0. The van der Waals surface area contributed by atoms with E-state index in [2.05, 4.69) is 15.5 Å². The van der Waals surface area contributed by atoms with E-state index in [1.165, 1.54) is 7.11 Å². The lowest BCUT2D eigenvalue weighted by Gasteiger charge is -2.33. The van der Waals surface area contributed by atoms with Crippen LogP contribution in [0.2, 0.25) is 0 Å². The van der Waals surface area contributed by atoms with Crippen molar-refractivity contribution >= 4 is 11.8 Å². The number of rotatable bonds is 5. The van der Waals surface area contributed by atoms with Gasteiger partial charge in [-0.3, -0.25) is 9.59 Å². The Hall–Kier alpha value is -3.95. The number of nitrogens with one attached hydrogen (secondary N) is 1. The molecule has 1 aliphatic heterocycles. The molecule has 0 aliphatic carbocycles. The normalized spacial score (nSPS) is 14.5. The maximum atomic E-state index is 13.3. The number of aromatic nitrogens is 2. The summed E-state index contributed by atoms with van der Waals surface area (Å²) >= 11 is 0. The molecular formula is C25H23F3N4O3. The highest BCUT2D eigenvalue weighted by molar-refractivity contribution is 6.00. The van der Waals surface area contributed by atoms with E-state index < -0.39 is 17.6 Å². The topological polar surface area (TPSA) is 84.4 Å². The molecule has 0 spiro atoms. The lowest BCUT2D eigenvalue weighted by atomic mass is 10.00. The van der Waals surface area contributed by atoms with Gasteiger partial charge in [0.15, 0.2) is 0 Å². The third-order valence-electron chi connectivity index (χ3n) is 5.87. The number of carbonyl (C=O) groups excluding carboxylic acids is 2. The van der Waals surface area contributed by atoms with Crippen molar-refractivity contribution in [2.75, 3.05) is 20.2 Å². The average molecular weight is 484 g/mol. The minimum absolute atomic E-state index is 0.147. The molecule has 3 aromatic rings. The zero-order valence-electron chi connectivity index (χ0n) is 18.9. The first-order chi connectivity index (χ1) is 16.8. The molecule has 0 saturated carbocycles. The lowest BCUT2D eigenvalue weighted by Crippen LogP contribution is -2.46. The number of benzene rings is 2. The molecule has 0 radical (unpaired) electrons. The molecule has 2 amide bonds. The summed E-state index contributed by atoms with van der Waals surface area (Å²) in [6, 6.07) is 14.5. The van der Waals surface area contributed by atoms with Crippen molar-refractivity contribution in [1.29, 1.82) is 0 Å². The van der Waals surface area contributed by atoms with Gasteiger partial charge in [0.1, 0.15) is 0 Å². The monoisotopic (exact) mass is 484 g/mol. The van der Waals surface area contributed by atoms with Gasteiger partial charge < -0.3 is 15.0 Å². The molecular weight excluding hydrogens is 461 g/mol. The predicted molar refractivity (Wildman–Crippen MR) is 122 cm³/mol. The molecule has 182 valence electrons. The quantitative estimate of drug-likeness (QED) is 0.587. The molecule has 2 heterocycles. The zero-order chi connectivity index (χ0) is 25.0. The molecule has 1 aromatic heterocycles. The van der Waals surface area contributed by atoms with Gasteiger partial charge in [0, 0.05) is 41.9 Å². The van der Waals surface area contributed by atoms with Gasteiger partial charge in [-0.05, 0) is 49.2 Å². The number of hydrogen-bond donors (Lipinski definition) is 1. The van der Waals surface area contributed by atoms with E-state index in [4.69, 9.17) is 4.74 Å². The van der Waals surface area contributed by atoms with Gasteiger partial charge in [0.25, 0.3) is 11.8 Å². The summed E-state index contributed by atoms with van der Waals surface area (Å²) in [7, 11) is 1.50. The first kappa shape index (κ1) is 24.2. The number of carbonyl (C=O) groups is 2. The Balaban J connectivity index is 1.37. The summed E-state index contributed by atoms with van der Waals surface area (Å²) in [5, 5.41) is 11.0. The van der Waals surface area contributed by atoms with Crippen LogP contribution in [0, 0.1) is 0 Å². The van der Waals surface area contributed by atoms with Gasteiger partial charge in [0.05, 0.1) is 18.4 Å². The molecule has 0 bridgehead atoms. The van der Waals surface area contributed by atoms with Crippen LogP contribution in [0.5, 0.6) is 5.88 Å². The Morgan fingerprint density at radius 1 is 0.971 bits per heavy atom. The SMILES string of the molecule is COc1ccc(-c2ccccc2C(=O)N2CCC(NC(=O)c3ccc(C(F)(F)F)cc3)CC2)nn1. The highest BCUT2D eigenvalue weighted by atomic mass is 19.4. The van der Waals surface area contributed by atoms with Crippen molar-refractivity contribution in [3.8, 4) is 17.1 Å². The second-order valence-corrected chi connectivity index (χ2v) is 8.12. The van der Waals surface area contributed by atoms with Crippen LogP contribution >= 0.6 is 0 Å². The van der Waals surface area contributed by atoms with Crippen LogP contribution in [0.4, 0.5) is 13.2 Å².